The number of fused-ring (bicyclic) bond motifs is 2. The number of carbonyl (C=O) groups is 1. The summed E-state index contributed by atoms with van der Waals surface area (Å²) in [6.45, 7) is 4.35. The van der Waals surface area contributed by atoms with Crippen LogP contribution in [0.25, 0.3) is 11.0 Å². The Hall–Kier alpha value is -4.23. The Labute approximate surface area is 224 Å². The lowest BCUT2D eigenvalue weighted by atomic mass is 9.98. The second kappa shape index (κ2) is 10.6. The summed E-state index contributed by atoms with van der Waals surface area (Å²) in [5, 5.41) is 0.741. The van der Waals surface area contributed by atoms with Gasteiger partial charge in [0.1, 0.15) is 17.9 Å². The van der Waals surface area contributed by atoms with Crippen LogP contribution in [0, 0.1) is 0 Å². The number of hydrogen-bond donors (Lipinski definition) is 0. The Morgan fingerprint density at radius 2 is 1.84 bits per heavy atom. The first kappa shape index (κ1) is 25.4. The Kier molecular flexibility index (Phi) is 7.11. The zero-order valence-electron chi connectivity index (χ0n) is 21.0. The van der Waals surface area contributed by atoms with Crippen LogP contribution < -0.4 is 19.6 Å². The zero-order valence-corrected chi connectivity index (χ0v) is 21.8. The van der Waals surface area contributed by atoms with E-state index in [1.54, 1.807) is 43.4 Å². The van der Waals surface area contributed by atoms with Crippen molar-refractivity contribution in [3.8, 4) is 17.2 Å². The van der Waals surface area contributed by atoms with E-state index in [9.17, 15) is 9.59 Å². The first-order valence-electron chi connectivity index (χ1n) is 12.1. The third-order valence-electron chi connectivity index (χ3n) is 6.56. The maximum absolute atomic E-state index is 13.8. The van der Waals surface area contributed by atoms with E-state index in [0.29, 0.717) is 52.8 Å². The molecule has 0 aliphatic carbocycles. The molecule has 2 heterocycles. The van der Waals surface area contributed by atoms with Crippen molar-refractivity contribution < 1.29 is 23.4 Å². The Morgan fingerprint density at radius 1 is 1.03 bits per heavy atom. The van der Waals surface area contributed by atoms with Crippen molar-refractivity contribution in [1.29, 1.82) is 0 Å². The summed E-state index contributed by atoms with van der Waals surface area (Å²) in [5.74, 6) is 1.52. The molecule has 7 nitrogen and oxygen atoms in total. The molecule has 3 aromatic carbocycles. The molecule has 38 heavy (non-hydrogen) atoms. The largest absolute Gasteiger partial charge is 0.493 e. The van der Waals surface area contributed by atoms with Crippen molar-refractivity contribution in [2.45, 2.75) is 12.5 Å². The van der Waals surface area contributed by atoms with Crippen molar-refractivity contribution in [1.82, 2.24) is 4.90 Å². The molecule has 1 aromatic heterocycles. The molecule has 1 atom stereocenters. The van der Waals surface area contributed by atoms with E-state index in [2.05, 4.69) is 6.58 Å². The van der Waals surface area contributed by atoms with Crippen LogP contribution in [0.2, 0.25) is 5.02 Å². The molecule has 1 aliphatic rings. The monoisotopic (exact) mass is 531 g/mol. The van der Waals surface area contributed by atoms with Crippen LogP contribution in [-0.4, -0.2) is 38.2 Å². The van der Waals surface area contributed by atoms with Gasteiger partial charge in [0.2, 0.25) is 5.76 Å². The summed E-state index contributed by atoms with van der Waals surface area (Å²) >= 11 is 6.18. The van der Waals surface area contributed by atoms with Crippen LogP contribution in [0.1, 0.15) is 33.3 Å². The van der Waals surface area contributed by atoms with Gasteiger partial charge in [0, 0.05) is 11.6 Å². The third-order valence-corrected chi connectivity index (χ3v) is 6.79. The quantitative estimate of drug-likeness (QED) is 0.253. The smallest absolute Gasteiger partial charge is 0.290 e. The number of rotatable bonds is 9. The highest BCUT2D eigenvalue weighted by Gasteiger charge is 2.42. The molecule has 0 fully saturated rings. The minimum Gasteiger partial charge on any atom is -0.493 e. The molecule has 1 unspecified atom stereocenters. The predicted molar refractivity (Wildman–Crippen MR) is 146 cm³/mol. The first-order valence-corrected chi connectivity index (χ1v) is 12.4. The van der Waals surface area contributed by atoms with Crippen LogP contribution in [0.3, 0.4) is 0 Å². The van der Waals surface area contributed by atoms with Gasteiger partial charge in [-0.1, -0.05) is 42.5 Å². The average Bonchev–Trinajstić information content (AvgIpc) is 3.22. The summed E-state index contributed by atoms with van der Waals surface area (Å²) < 4.78 is 22.5. The van der Waals surface area contributed by atoms with E-state index < -0.39 is 6.04 Å². The van der Waals surface area contributed by atoms with Gasteiger partial charge in [-0.05, 0) is 60.0 Å². The van der Waals surface area contributed by atoms with Crippen molar-refractivity contribution >= 4 is 28.5 Å². The van der Waals surface area contributed by atoms with Gasteiger partial charge in [-0.2, -0.15) is 0 Å². The number of benzene rings is 3. The fourth-order valence-corrected chi connectivity index (χ4v) is 4.96. The van der Waals surface area contributed by atoms with Gasteiger partial charge in [0.05, 0.1) is 31.2 Å². The zero-order chi connectivity index (χ0) is 26.8. The summed E-state index contributed by atoms with van der Waals surface area (Å²) in [7, 11) is 3.16. The van der Waals surface area contributed by atoms with Crippen molar-refractivity contribution in [3.05, 3.63) is 111 Å². The van der Waals surface area contributed by atoms with Gasteiger partial charge in [0.25, 0.3) is 5.91 Å². The van der Waals surface area contributed by atoms with Crippen LogP contribution >= 0.6 is 11.6 Å². The van der Waals surface area contributed by atoms with Crippen LogP contribution in [-0.2, 0) is 6.42 Å². The lowest BCUT2D eigenvalue weighted by Crippen LogP contribution is -2.31. The third kappa shape index (κ3) is 4.61. The lowest BCUT2D eigenvalue weighted by Gasteiger charge is -2.25. The molecule has 8 heteroatoms. The van der Waals surface area contributed by atoms with E-state index in [0.717, 1.165) is 11.1 Å². The van der Waals surface area contributed by atoms with Gasteiger partial charge in [-0.15, -0.1) is 0 Å². The predicted octanol–water partition coefficient (Wildman–Crippen LogP) is 5.82. The number of amides is 1. The normalized spacial score (nSPS) is 14.4. The first-order chi connectivity index (χ1) is 18.4. The highest BCUT2D eigenvalue weighted by atomic mass is 35.5. The molecule has 4 aromatic rings. The highest BCUT2D eigenvalue weighted by Crippen LogP contribution is 2.39. The molecule has 0 saturated carbocycles. The second-order valence-corrected chi connectivity index (χ2v) is 9.26. The topological polar surface area (TPSA) is 78.2 Å². The molecular weight excluding hydrogens is 506 g/mol. The van der Waals surface area contributed by atoms with E-state index >= 15 is 0 Å². The average molecular weight is 532 g/mol. The van der Waals surface area contributed by atoms with Gasteiger partial charge in [-0.25, -0.2) is 0 Å². The molecule has 0 bridgehead atoms. The molecule has 194 valence electrons. The summed E-state index contributed by atoms with van der Waals surface area (Å²) in [4.78, 5) is 29.1. The number of hydrogen-bond acceptors (Lipinski definition) is 6. The molecule has 1 amide bonds. The van der Waals surface area contributed by atoms with Crippen molar-refractivity contribution in [2.24, 2.45) is 0 Å². The number of nitrogens with zero attached hydrogens (tertiary/aromatic N) is 1. The molecule has 0 radical (unpaired) electrons. The van der Waals surface area contributed by atoms with E-state index in [-0.39, 0.29) is 22.7 Å². The second-order valence-electron chi connectivity index (χ2n) is 8.83. The standard InChI is InChI=1S/C30H26ClNO6/c1-4-14-37-21-7-5-6-19(16-21)27-26-28(33)22-17-20(31)9-11-23(22)38-29(26)30(34)32(27)13-12-18-8-10-24(35-2)25(15-18)36-3/h4-11,15-17,27H,1,12-14H2,2-3H3. The number of methoxy groups -OCH3 is 2. The molecule has 0 spiro atoms. The van der Waals surface area contributed by atoms with E-state index in [1.807, 2.05) is 42.5 Å². The maximum Gasteiger partial charge on any atom is 0.290 e. The molecule has 0 N–H and O–H groups in total. The van der Waals surface area contributed by atoms with Crippen LogP contribution in [0.5, 0.6) is 17.2 Å². The summed E-state index contributed by atoms with van der Waals surface area (Å²) in [5.41, 5.74) is 2.00. The summed E-state index contributed by atoms with van der Waals surface area (Å²) in [6, 6.07) is 17.1. The fourth-order valence-electron chi connectivity index (χ4n) is 4.79. The van der Waals surface area contributed by atoms with Gasteiger partial charge >= 0.3 is 0 Å². The number of ether oxygens (including phenoxy) is 3. The minimum absolute atomic E-state index is 0.0412. The SMILES string of the molecule is C=CCOc1cccc(C2c3c(oc4ccc(Cl)cc4c3=O)C(=O)N2CCc2ccc(OC)c(OC)c2)c1. The van der Waals surface area contributed by atoms with Gasteiger partial charge < -0.3 is 23.5 Å². The molecule has 1 aliphatic heterocycles. The van der Waals surface area contributed by atoms with Crippen LogP contribution in [0.15, 0.2) is 82.5 Å². The fraction of sp³-hybridized carbons (Fsp3) is 0.200. The Balaban J connectivity index is 1.59. The van der Waals surface area contributed by atoms with Crippen LogP contribution in [0.4, 0.5) is 0 Å². The maximum atomic E-state index is 13.8. The Bertz CT molecular complexity index is 1590. The molecule has 0 saturated heterocycles. The van der Waals surface area contributed by atoms with Gasteiger partial charge in [0.15, 0.2) is 16.9 Å². The lowest BCUT2D eigenvalue weighted by molar-refractivity contribution is 0.0730. The Morgan fingerprint density at radius 3 is 2.61 bits per heavy atom. The highest BCUT2D eigenvalue weighted by molar-refractivity contribution is 6.31. The molecular formula is C30H26ClNO6. The number of halogens is 1. The van der Waals surface area contributed by atoms with Crippen molar-refractivity contribution in [3.63, 3.8) is 0 Å². The number of carbonyl (C=O) groups excluding carboxylic acids is 1. The van der Waals surface area contributed by atoms with Crippen molar-refractivity contribution in [2.75, 3.05) is 27.4 Å². The molecule has 5 rings (SSSR count). The van der Waals surface area contributed by atoms with Gasteiger partial charge in [-0.3, -0.25) is 9.59 Å². The van der Waals surface area contributed by atoms with E-state index in [1.165, 1.54) is 0 Å². The van der Waals surface area contributed by atoms with E-state index in [4.69, 9.17) is 30.2 Å². The minimum atomic E-state index is -0.662. The summed E-state index contributed by atoms with van der Waals surface area (Å²) in [6.07, 6.45) is 2.17.